The number of aryl methyl sites for hydroxylation is 1. The van der Waals surface area contributed by atoms with Gasteiger partial charge in [-0.1, -0.05) is 26.8 Å². The van der Waals surface area contributed by atoms with Gasteiger partial charge in [-0.3, -0.25) is 4.79 Å². The number of pyridine rings is 1. The summed E-state index contributed by atoms with van der Waals surface area (Å²) in [6, 6.07) is 8.21. The summed E-state index contributed by atoms with van der Waals surface area (Å²) in [7, 11) is 4.25. The number of hydrogen-bond donors (Lipinski definition) is 3. The summed E-state index contributed by atoms with van der Waals surface area (Å²) in [5.41, 5.74) is 2.85. The number of nitrogens with one attached hydrogen (secondary N) is 3. The maximum atomic E-state index is 12.6. The number of aromatic nitrogens is 1. The van der Waals surface area contributed by atoms with Gasteiger partial charge in [0.05, 0.1) is 33.7 Å². The van der Waals surface area contributed by atoms with Crippen LogP contribution in [0.4, 0.5) is 0 Å². The molecule has 0 amide bonds. The lowest BCUT2D eigenvalue weighted by atomic mass is 10.1. The maximum absolute atomic E-state index is 12.6. The Balaban J connectivity index is 2.27. The second-order valence-electron chi connectivity index (χ2n) is 7.86. The van der Waals surface area contributed by atoms with Crippen molar-refractivity contribution in [3.8, 4) is 0 Å². The zero-order chi connectivity index (χ0) is 20.0. The van der Waals surface area contributed by atoms with Crippen molar-refractivity contribution in [2.45, 2.75) is 33.7 Å². The predicted octanol–water partition coefficient (Wildman–Crippen LogP) is 1.57. The number of benzene rings is 1. The molecule has 27 heavy (non-hydrogen) atoms. The van der Waals surface area contributed by atoms with E-state index < -0.39 is 0 Å². The largest absolute Gasteiger partial charge is 0.362 e. The van der Waals surface area contributed by atoms with E-state index in [-0.39, 0.29) is 5.56 Å². The highest BCUT2D eigenvalue weighted by Gasteiger charge is 2.15. The van der Waals surface area contributed by atoms with Crippen LogP contribution in [0, 0.1) is 5.92 Å². The maximum Gasteiger partial charge on any atom is 0.253 e. The zero-order valence-electron chi connectivity index (χ0n) is 17.2. The number of H-pyrrole nitrogens is 1. The van der Waals surface area contributed by atoms with Crippen molar-refractivity contribution < 1.29 is 4.90 Å². The average Bonchev–Trinajstić information content (AvgIpc) is 2.62. The Bertz CT molecular complexity index is 829. The van der Waals surface area contributed by atoms with Gasteiger partial charge in [-0.2, -0.15) is 0 Å². The first kappa shape index (κ1) is 21.4. The van der Waals surface area contributed by atoms with E-state index >= 15 is 0 Å². The van der Waals surface area contributed by atoms with Gasteiger partial charge >= 0.3 is 0 Å². The van der Waals surface area contributed by atoms with E-state index in [0.717, 1.165) is 42.5 Å². The Hall–Kier alpha value is -1.92. The zero-order valence-corrected chi connectivity index (χ0v) is 18.0. The fourth-order valence-electron chi connectivity index (χ4n) is 2.86. The summed E-state index contributed by atoms with van der Waals surface area (Å²) in [4.78, 5) is 19.1. The smallest absolute Gasteiger partial charge is 0.253 e. The van der Waals surface area contributed by atoms with E-state index in [4.69, 9.17) is 12.2 Å². The van der Waals surface area contributed by atoms with Crippen LogP contribution in [0.2, 0.25) is 0 Å². The van der Waals surface area contributed by atoms with Crippen molar-refractivity contribution in [2.24, 2.45) is 5.92 Å². The molecule has 0 saturated heterocycles. The summed E-state index contributed by atoms with van der Waals surface area (Å²) < 4.78 is 0. The molecule has 6 heteroatoms. The topological polar surface area (TPSA) is 52.6 Å². The molecule has 0 atom stereocenters. The normalized spacial score (nSPS) is 11.4. The van der Waals surface area contributed by atoms with E-state index in [9.17, 15) is 4.79 Å². The number of quaternary nitrogens is 1. The van der Waals surface area contributed by atoms with Crippen molar-refractivity contribution in [1.29, 1.82) is 0 Å². The van der Waals surface area contributed by atoms with E-state index in [1.165, 1.54) is 10.5 Å². The number of rotatable bonds is 8. The Kier molecular flexibility index (Phi) is 7.80. The molecule has 0 fully saturated rings. The van der Waals surface area contributed by atoms with Crippen LogP contribution in [0.15, 0.2) is 29.1 Å². The summed E-state index contributed by atoms with van der Waals surface area (Å²) in [5.74, 6) is 0.515. The van der Waals surface area contributed by atoms with Gasteiger partial charge in [0.2, 0.25) is 0 Å². The highest BCUT2D eigenvalue weighted by Crippen LogP contribution is 2.15. The molecule has 0 aliphatic heterocycles. The molecular formula is C21H33N4OS+. The molecule has 2 rings (SSSR count). The van der Waals surface area contributed by atoms with E-state index in [1.807, 2.05) is 12.1 Å². The highest BCUT2D eigenvalue weighted by molar-refractivity contribution is 7.80. The number of thiocarbonyl (C=S) groups is 1. The Morgan fingerprint density at radius 2 is 2.04 bits per heavy atom. The van der Waals surface area contributed by atoms with Crippen molar-refractivity contribution in [3.63, 3.8) is 0 Å². The predicted molar refractivity (Wildman–Crippen MR) is 117 cm³/mol. The summed E-state index contributed by atoms with van der Waals surface area (Å²) in [5, 5.41) is 5.12. The quantitative estimate of drug-likeness (QED) is 0.600. The third-order valence-corrected chi connectivity index (χ3v) is 4.99. The first-order valence-electron chi connectivity index (χ1n) is 9.76. The number of hydrogen-bond acceptors (Lipinski definition) is 2. The third-order valence-electron chi connectivity index (χ3n) is 4.59. The van der Waals surface area contributed by atoms with Gasteiger partial charge in [-0.15, -0.1) is 0 Å². The van der Waals surface area contributed by atoms with Gasteiger partial charge in [0.15, 0.2) is 5.11 Å². The van der Waals surface area contributed by atoms with Crippen molar-refractivity contribution in [3.05, 3.63) is 45.7 Å². The van der Waals surface area contributed by atoms with E-state index in [2.05, 4.69) is 62.2 Å². The molecule has 1 heterocycles. The SMILES string of the molecule is CCc1ccc2[nH]c(=O)c(CN(CC[NH+](C)C)C(=S)NCC(C)C)cc2c1. The molecule has 1 aromatic carbocycles. The summed E-state index contributed by atoms with van der Waals surface area (Å²) >= 11 is 5.62. The van der Waals surface area contributed by atoms with Crippen LogP contribution in [-0.2, 0) is 13.0 Å². The van der Waals surface area contributed by atoms with E-state index in [1.54, 1.807) is 0 Å². The minimum atomic E-state index is -0.0411. The van der Waals surface area contributed by atoms with Crippen LogP contribution in [0.25, 0.3) is 10.9 Å². The van der Waals surface area contributed by atoms with Crippen LogP contribution in [0.5, 0.6) is 0 Å². The number of fused-ring (bicyclic) bond motifs is 1. The molecule has 3 N–H and O–H groups in total. The van der Waals surface area contributed by atoms with Crippen LogP contribution in [0.3, 0.4) is 0 Å². The molecule has 148 valence electrons. The lowest BCUT2D eigenvalue weighted by Gasteiger charge is -2.26. The minimum absolute atomic E-state index is 0.0411. The third kappa shape index (κ3) is 6.33. The Morgan fingerprint density at radius 1 is 1.30 bits per heavy atom. The van der Waals surface area contributed by atoms with Gasteiger partial charge in [-0.25, -0.2) is 0 Å². The second kappa shape index (κ2) is 9.85. The van der Waals surface area contributed by atoms with Crippen molar-refractivity contribution >= 4 is 28.2 Å². The second-order valence-corrected chi connectivity index (χ2v) is 8.24. The van der Waals surface area contributed by atoms with Gasteiger partial charge in [-0.05, 0) is 53.7 Å². The van der Waals surface area contributed by atoms with Crippen molar-refractivity contribution in [2.75, 3.05) is 33.7 Å². The minimum Gasteiger partial charge on any atom is -0.362 e. The summed E-state index contributed by atoms with van der Waals surface area (Å²) in [6.07, 6.45) is 0.978. The highest BCUT2D eigenvalue weighted by atomic mass is 32.1. The first-order valence-corrected chi connectivity index (χ1v) is 10.2. The van der Waals surface area contributed by atoms with Crippen LogP contribution in [0.1, 0.15) is 31.9 Å². The number of nitrogens with zero attached hydrogens (tertiary/aromatic N) is 1. The lowest BCUT2D eigenvalue weighted by Crippen LogP contribution is -3.06. The Labute approximate surface area is 167 Å². The molecule has 2 aromatic rings. The first-order chi connectivity index (χ1) is 12.8. The molecule has 0 aliphatic carbocycles. The standard InChI is InChI=1S/C21H32N4OS/c1-6-16-7-8-19-17(11-16)12-18(20(26)23-19)14-25(10-9-24(4)5)21(27)22-13-15(2)3/h7-8,11-12,15H,6,9-10,13-14H2,1-5H3,(H,22,27)(H,23,26)/p+1. The lowest BCUT2D eigenvalue weighted by molar-refractivity contribution is -0.857. The molecule has 1 aromatic heterocycles. The molecule has 0 radical (unpaired) electrons. The summed E-state index contributed by atoms with van der Waals surface area (Å²) in [6.45, 7) is 9.55. The molecule has 0 saturated carbocycles. The van der Waals surface area contributed by atoms with Gasteiger partial charge in [0.25, 0.3) is 5.56 Å². The van der Waals surface area contributed by atoms with E-state index in [0.29, 0.717) is 17.6 Å². The fourth-order valence-corrected chi connectivity index (χ4v) is 3.10. The van der Waals surface area contributed by atoms with Crippen LogP contribution in [-0.4, -0.2) is 48.7 Å². The molecule has 0 aliphatic rings. The molecule has 0 bridgehead atoms. The molecule has 0 spiro atoms. The van der Waals surface area contributed by atoms with Crippen LogP contribution >= 0.6 is 12.2 Å². The van der Waals surface area contributed by atoms with Gasteiger partial charge < -0.3 is 20.1 Å². The van der Waals surface area contributed by atoms with Crippen LogP contribution < -0.4 is 15.8 Å². The number of aromatic amines is 1. The molecule has 0 unspecified atom stereocenters. The number of likely N-dealkylation sites (N-methyl/N-ethyl adjacent to an activating group) is 1. The van der Waals surface area contributed by atoms with Crippen molar-refractivity contribution in [1.82, 2.24) is 15.2 Å². The average molecular weight is 390 g/mol. The monoisotopic (exact) mass is 389 g/mol. The van der Waals surface area contributed by atoms with Gasteiger partial charge in [0, 0.05) is 17.6 Å². The van der Waals surface area contributed by atoms with Gasteiger partial charge in [0.1, 0.15) is 0 Å². The fraction of sp³-hybridized carbons (Fsp3) is 0.524. The Morgan fingerprint density at radius 3 is 2.67 bits per heavy atom. The molecular weight excluding hydrogens is 356 g/mol. The molecule has 5 nitrogen and oxygen atoms in total.